The first-order valence-electron chi connectivity index (χ1n) is 11.7. The number of fused-ring (bicyclic) bond motifs is 1. The van der Waals surface area contributed by atoms with E-state index < -0.39 is 0 Å². The van der Waals surface area contributed by atoms with E-state index in [1.807, 2.05) is 6.07 Å². The molecule has 3 heterocycles. The van der Waals surface area contributed by atoms with E-state index in [2.05, 4.69) is 66.8 Å². The summed E-state index contributed by atoms with van der Waals surface area (Å²) in [5.74, 6) is 1.55. The normalized spacial score (nSPS) is 17.8. The van der Waals surface area contributed by atoms with E-state index in [1.165, 1.54) is 22.5 Å². The van der Waals surface area contributed by atoms with E-state index in [0.29, 0.717) is 11.9 Å². The molecule has 1 saturated heterocycles. The summed E-state index contributed by atoms with van der Waals surface area (Å²) in [5.41, 5.74) is 3.20. The van der Waals surface area contributed by atoms with Crippen LogP contribution in [-0.4, -0.2) is 62.8 Å². The summed E-state index contributed by atoms with van der Waals surface area (Å²) in [5, 5.41) is 16.0. The molecule has 33 heavy (non-hydrogen) atoms. The maximum Gasteiger partial charge on any atom is 0.206 e. The van der Waals surface area contributed by atoms with Gasteiger partial charge in [0.2, 0.25) is 5.82 Å². The van der Waals surface area contributed by atoms with Gasteiger partial charge in [0.1, 0.15) is 10.8 Å². The van der Waals surface area contributed by atoms with Gasteiger partial charge in [0.05, 0.1) is 28.6 Å². The van der Waals surface area contributed by atoms with E-state index in [1.54, 1.807) is 11.3 Å². The number of hydrogen-bond donors (Lipinski definition) is 1. The maximum absolute atomic E-state index is 6.30. The molecule has 0 spiro atoms. The van der Waals surface area contributed by atoms with Gasteiger partial charge in [-0.1, -0.05) is 12.1 Å². The molecule has 0 unspecified atom stereocenters. The number of aromatic amines is 1. The molecule has 0 radical (unpaired) electrons. The van der Waals surface area contributed by atoms with Gasteiger partial charge in [-0.3, -0.25) is 4.90 Å². The van der Waals surface area contributed by atoms with Gasteiger partial charge >= 0.3 is 0 Å². The average molecular weight is 462 g/mol. The van der Waals surface area contributed by atoms with Crippen molar-refractivity contribution >= 4 is 27.2 Å². The number of H-pyrrole nitrogens is 1. The van der Waals surface area contributed by atoms with Crippen LogP contribution in [0, 0.1) is 0 Å². The highest BCUT2D eigenvalue weighted by molar-refractivity contribution is 7.18. The van der Waals surface area contributed by atoms with E-state index >= 15 is 0 Å². The second-order valence-electron chi connectivity index (χ2n) is 8.78. The van der Waals surface area contributed by atoms with Crippen molar-refractivity contribution in [2.45, 2.75) is 38.3 Å². The van der Waals surface area contributed by atoms with E-state index in [9.17, 15) is 0 Å². The molecule has 2 aromatic heterocycles. The maximum atomic E-state index is 6.30. The van der Waals surface area contributed by atoms with Crippen LogP contribution < -0.4 is 9.64 Å². The molecule has 1 aliphatic heterocycles. The lowest BCUT2D eigenvalue weighted by Gasteiger charge is -2.36. The van der Waals surface area contributed by atoms with Crippen molar-refractivity contribution in [2.24, 2.45) is 0 Å². The number of benzene rings is 2. The molecule has 0 bridgehead atoms. The zero-order chi connectivity index (χ0) is 22.0. The van der Waals surface area contributed by atoms with Crippen molar-refractivity contribution in [3.8, 4) is 17.1 Å². The molecule has 1 N–H and O–H groups in total. The summed E-state index contributed by atoms with van der Waals surface area (Å²) < 4.78 is 7.56. The van der Waals surface area contributed by atoms with E-state index in [0.717, 1.165) is 68.1 Å². The van der Waals surface area contributed by atoms with Crippen molar-refractivity contribution in [1.82, 2.24) is 30.5 Å². The third-order valence-electron chi connectivity index (χ3n) is 6.57. The second kappa shape index (κ2) is 9.07. The molecule has 170 valence electrons. The predicted octanol–water partition coefficient (Wildman–Crippen LogP) is 4.12. The summed E-state index contributed by atoms with van der Waals surface area (Å²) in [4.78, 5) is 9.72. The molecule has 2 fully saturated rings. The van der Waals surface area contributed by atoms with Gasteiger partial charge in [-0.25, -0.2) is 4.98 Å². The highest BCUT2D eigenvalue weighted by atomic mass is 32.1. The molecule has 1 saturated carbocycles. The molecule has 2 aliphatic rings. The molecule has 1 aliphatic carbocycles. The number of tetrazole rings is 1. The van der Waals surface area contributed by atoms with Crippen LogP contribution in [0.15, 0.2) is 42.5 Å². The fourth-order valence-electron chi connectivity index (χ4n) is 4.84. The van der Waals surface area contributed by atoms with Gasteiger partial charge < -0.3 is 9.64 Å². The number of hydrogen-bond acceptors (Lipinski definition) is 8. The van der Waals surface area contributed by atoms with Crippen LogP contribution in [-0.2, 0) is 6.54 Å². The van der Waals surface area contributed by atoms with E-state index in [4.69, 9.17) is 9.72 Å². The molecular formula is C24H27N7OS. The molecule has 6 rings (SSSR count). The number of thiazole rings is 1. The Bertz CT molecular complexity index is 1180. The van der Waals surface area contributed by atoms with Crippen molar-refractivity contribution < 1.29 is 4.74 Å². The van der Waals surface area contributed by atoms with Crippen LogP contribution in [0.5, 0.6) is 5.75 Å². The third-order valence-corrected chi connectivity index (χ3v) is 7.59. The number of ether oxygens (including phenoxy) is 1. The Morgan fingerprint density at radius 3 is 2.67 bits per heavy atom. The van der Waals surface area contributed by atoms with Crippen LogP contribution >= 0.6 is 11.3 Å². The Kier molecular flexibility index (Phi) is 5.65. The first-order chi connectivity index (χ1) is 16.3. The number of nitrogens with zero attached hydrogens (tertiary/aromatic N) is 6. The summed E-state index contributed by atoms with van der Waals surface area (Å²) in [6.07, 6.45) is 5.14. The lowest BCUT2D eigenvalue weighted by Crippen LogP contribution is -2.46. The summed E-state index contributed by atoms with van der Waals surface area (Å²) in [6, 6.07) is 14.6. The van der Waals surface area contributed by atoms with Gasteiger partial charge in [-0.2, -0.15) is 5.21 Å². The molecule has 0 amide bonds. The van der Waals surface area contributed by atoms with Gasteiger partial charge in [0.25, 0.3) is 0 Å². The number of para-hydroxylation sites is 1. The SMILES string of the molecule is c1ccc2sc(CN3CCN(c4cc(OC5CCCC5)ccc4-c4nn[nH]n4)CC3)nc2c1. The fourth-order valence-corrected chi connectivity index (χ4v) is 5.85. The number of nitrogens with one attached hydrogen (secondary N) is 1. The van der Waals surface area contributed by atoms with Crippen molar-refractivity contribution in [1.29, 1.82) is 0 Å². The lowest BCUT2D eigenvalue weighted by molar-refractivity contribution is 0.210. The Labute approximate surface area is 196 Å². The monoisotopic (exact) mass is 461 g/mol. The molecule has 2 aromatic carbocycles. The second-order valence-corrected chi connectivity index (χ2v) is 9.89. The van der Waals surface area contributed by atoms with Gasteiger partial charge in [0.15, 0.2) is 0 Å². The number of piperazine rings is 1. The quantitative estimate of drug-likeness (QED) is 0.462. The van der Waals surface area contributed by atoms with Crippen LogP contribution in [0.3, 0.4) is 0 Å². The Morgan fingerprint density at radius 1 is 1.03 bits per heavy atom. The average Bonchev–Trinajstić information content (AvgIpc) is 3.61. The molecule has 9 heteroatoms. The topological polar surface area (TPSA) is 83.1 Å². The first-order valence-corrected chi connectivity index (χ1v) is 12.5. The fraction of sp³-hybridized carbons (Fsp3) is 0.417. The van der Waals surface area contributed by atoms with Gasteiger partial charge in [0, 0.05) is 37.8 Å². The Morgan fingerprint density at radius 2 is 1.88 bits per heavy atom. The standard InChI is InChI=1S/C24H27N7OS/c1-2-6-17(5-1)32-18-9-10-19(24-26-28-29-27-24)21(15-18)31-13-11-30(12-14-31)16-23-25-20-7-3-4-8-22(20)33-23/h3-4,7-10,15,17H,1-2,5-6,11-14,16H2,(H,26,27,28,29). The van der Waals surface area contributed by atoms with Crippen LogP contribution in [0.4, 0.5) is 5.69 Å². The Balaban J connectivity index is 1.18. The minimum absolute atomic E-state index is 0.333. The van der Waals surface area contributed by atoms with Crippen LogP contribution in [0.25, 0.3) is 21.6 Å². The predicted molar refractivity (Wildman–Crippen MR) is 130 cm³/mol. The number of anilines is 1. The zero-order valence-electron chi connectivity index (χ0n) is 18.5. The molecule has 8 nitrogen and oxygen atoms in total. The summed E-state index contributed by atoms with van der Waals surface area (Å²) in [6.45, 7) is 4.73. The third kappa shape index (κ3) is 4.43. The van der Waals surface area contributed by atoms with Crippen LogP contribution in [0.1, 0.15) is 30.7 Å². The van der Waals surface area contributed by atoms with Crippen molar-refractivity contribution in [3.05, 3.63) is 47.5 Å². The zero-order valence-corrected chi connectivity index (χ0v) is 19.3. The highest BCUT2D eigenvalue weighted by Gasteiger charge is 2.24. The Hall–Kier alpha value is -3.04. The van der Waals surface area contributed by atoms with Crippen molar-refractivity contribution in [3.63, 3.8) is 0 Å². The molecule has 4 aromatic rings. The molecular weight excluding hydrogens is 434 g/mol. The first kappa shape index (κ1) is 20.6. The van der Waals surface area contributed by atoms with Gasteiger partial charge in [-0.05, 0) is 55.2 Å². The van der Waals surface area contributed by atoms with Crippen molar-refractivity contribution in [2.75, 3.05) is 31.1 Å². The number of aromatic nitrogens is 5. The summed E-state index contributed by atoms with van der Waals surface area (Å²) in [7, 11) is 0. The molecule has 0 atom stereocenters. The summed E-state index contributed by atoms with van der Waals surface area (Å²) >= 11 is 1.80. The van der Waals surface area contributed by atoms with E-state index in [-0.39, 0.29) is 0 Å². The largest absolute Gasteiger partial charge is 0.490 e. The smallest absolute Gasteiger partial charge is 0.206 e. The minimum atomic E-state index is 0.333. The van der Waals surface area contributed by atoms with Gasteiger partial charge in [-0.15, -0.1) is 21.5 Å². The minimum Gasteiger partial charge on any atom is -0.490 e. The van der Waals surface area contributed by atoms with Crippen LogP contribution in [0.2, 0.25) is 0 Å². The number of rotatable bonds is 6. The lowest BCUT2D eigenvalue weighted by atomic mass is 10.1. The highest BCUT2D eigenvalue weighted by Crippen LogP contribution is 2.35.